The van der Waals surface area contributed by atoms with Crippen LogP contribution in [0.2, 0.25) is 5.02 Å². The molecular weight excluding hydrogens is 326 g/mol. The Bertz CT molecular complexity index is 670. The molecule has 0 saturated heterocycles. The van der Waals surface area contributed by atoms with Crippen LogP contribution >= 0.6 is 23.4 Å². The average Bonchev–Trinajstić information content (AvgIpc) is 2.56. The van der Waals surface area contributed by atoms with Crippen molar-refractivity contribution in [2.24, 2.45) is 0 Å². The lowest BCUT2D eigenvalue weighted by molar-refractivity contribution is -0.115. The van der Waals surface area contributed by atoms with E-state index in [1.165, 1.54) is 5.56 Å². The van der Waals surface area contributed by atoms with E-state index in [-0.39, 0.29) is 11.2 Å². The maximum atomic E-state index is 12.7. The number of anilines is 1. The summed E-state index contributed by atoms with van der Waals surface area (Å²) in [5, 5.41) is 3.71. The molecule has 2 aromatic carbocycles. The van der Waals surface area contributed by atoms with Gasteiger partial charge in [-0.05, 0) is 55.2 Å². The number of benzene rings is 2. The summed E-state index contributed by atoms with van der Waals surface area (Å²) in [7, 11) is 0. The summed E-state index contributed by atoms with van der Waals surface area (Å²) in [6.07, 6.45) is 1.67. The van der Waals surface area contributed by atoms with Crippen LogP contribution in [-0.4, -0.2) is 11.2 Å². The molecule has 0 radical (unpaired) electrons. The fraction of sp³-hybridized carbons (Fsp3) is 0.316. The minimum absolute atomic E-state index is 0.0523. The molecule has 2 nitrogen and oxygen atoms in total. The highest BCUT2D eigenvalue weighted by Crippen LogP contribution is 2.29. The molecule has 1 amide bonds. The van der Waals surface area contributed by atoms with Crippen LogP contribution in [-0.2, 0) is 11.2 Å². The SMILES string of the molecule is CCc1cccc(C)c1NC(=O)[C@H](CC)Sc1ccc(Cl)cc1. The van der Waals surface area contributed by atoms with E-state index in [4.69, 9.17) is 11.6 Å². The summed E-state index contributed by atoms with van der Waals surface area (Å²) in [6.45, 7) is 6.16. The van der Waals surface area contributed by atoms with Crippen molar-refractivity contribution in [2.75, 3.05) is 5.32 Å². The van der Waals surface area contributed by atoms with Crippen molar-refractivity contribution in [1.29, 1.82) is 0 Å². The predicted molar refractivity (Wildman–Crippen MR) is 101 cm³/mol. The molecule has 2 rings (SSSR count). The standard InChI is InChI=1S/C19H22ClNOS/c1-4-14-8-6-7-13(3)18(14)21-19(22)17(5-2)23-16-11-9-15(20)10-12-16/h6-12,17H,4-5H2,1-3H3,(H,21,22)/t17-/m0/s1. The van der Waals surface area contributed by atoms with Crippen LogP contribution in [0, 0.1) is 6.92 Å². The number of rotatable bonds is 6. The third-order valence-electron chi connectivity index (χ3n) is 3.74. The molecule has 1 N–H and O–H groups in total. The first kappa shape index (κ1) is 17.9. The second-order valence-corrected chi connectivity index (χ2v) is 7.13. The van der Waals surface area contributed by atoms with E-state index < -0.39 is 0 Å². The minimum Gasteiger partial charge on any atom is -0.325 e. The number of carbonyl (C=O) groups is 1. The zero-order valence-electron chi connectivity index (χ0n) is 13.7. The Labute approximate surface area is 147 Å². The van der Waals surface area contributed by atoms with Gasteiger partial charge in [-0.15, -0.1) is 11.8 Å². The Balaban J connectivity index is 2.13. The predicted octanol–water partition coefficient (Wildman–Crippen LogP) is 5.72. The third-order valence-corrected chi connectivity index (χ3v) is 5.37. The molecule has 0 aliphatic rings. The number of carbonyl (C=O) groups excluding carboxylic acids is 1. The van der Waals surface area contributed by atoms with Gasteiger partial charge in [0.15, 0.2) is 0 Å². The maximum Gasteiger partial charge on any atom is 0.237 e. The van der Waals surface area contributed by atoms with E-state index in [2.05, 4.69) is 18.3 Å². The lowest BCUT2D eigenvalue weighted by Crippen LogP contribution is -2.25. The largest absolute Gasteiger partial charge is 0.325 e. The zero-order valence-corrected chi connectivity index (χ0v) is 15.3. The van der Waals surface area contributed by atoms with Crippen LogP contribution in [0.1, 0.15) is 31.4 Å². The number of nitrogens with one attached hydrogen (secondary N) is 1. The molecular formula is C19H22ClNOS. The molecule has 0 aliphatic carbocycles. The third kappa shape index (κ3) is 4.76. The Kier molecular flexibility index (Phi) is 6.55. The van der Waals surface area contributed by atoms with Crippen molar-refractivity contribution in [3.8, 4) is 0 Å². The van der Waals surface area contributed by atoms with Gasteiger partial charge in [0.05, 0.1) is 5.25 Å². The number of hydrogen-bond acceptors (Lipinski definition) is 2. The van der Waals surface area contributed by atoms with Crippen LogP contribution < -0.4 is 5.32 Å². The molecule has 0 saturated carbocycles. The van der Waals surface area contributed by atoms with Crippen LogP contribution in [0.3, 0.4) is 0 Å². The fourth-order valence-corrected chi connectivity index (χ4v) is 3.49. The van der Waals surface area contributed by atoms with E-state index >= 15 is 0 Å². The molecule has 23 heavy (non-hydrogen) atoms. The molecule has 2 aromatic rings. The number of para-hydroxylation sites is 1. The van der Waals surface area contributed by atoms with Gasteiger partial charge in [0.25, 0.3) is 0 Å². The van der Waals surface area contributed by atoms with Crippen molar-refractivity contribution in [3.05, 3.63) is 58.6 Å². The number of amides is 1. The second kappa shape index (κ2) is 8.42. The molecule has 0 fully saturated rings. The van der Waals surface area contributed by atoms with Gasteiger partial charge in [-0.3, -0.25) is 4.79 Å². The van der Waals surface area contributed by atoms with Crippen LogP contribution in [0.5, 0.6) is 0 Å². The molecule has 122 valence electrons. The number of aryl methyl sites for hydroxylation is 2. The van der Waals surface area contributed by atoms with Crippen molar-refractivity contribution >= 4 is 35.0 Å². The highest BCUT2D eigenvalue weighted by molar-refractivity contribution is 8.00. The highest BCUT2D eigenvalue weighted by Gasteiger charge is 2.19. The van der Waals surface area contributed by atoms with Crippen LogP contribution in [0.25, 0.3) is 0 Å². The van der Waals surface area contributed by atoms with Gasteiger partial charge >= 0.3 is 0 Å². The molecule has 0 aromatic heterocycles. The summed E-state index contributed by atoms with van der Waals surface area (Å²) in [4.78, 5) is 13.7. The van der Waals surface area contributed by atoms with Gasteiger partial charge in [-0.1, -0.05) is 43.6 Å². The van der Waals surface area contributed by atoms with E-state index in [1.807, 2.05) is 50.2 Å². The molecule has 0 aliphatic heterocycles. The van der Waals surface area contributed by atoms with Crippen molar-refractivity contribution in [3.63, 3.8) is 0 Å². The average molecular weight is 348 g/mol. The quantitative estimate of drug-likeness (QED) is 0.677. The molecule has 4 heteroatoms. The van der Waals surface area contributed by atoms with E-state index in [1.54, 1.807) is 11.8 Å². The normalized spacial score (nSPS) is 12.0. The lowest BCUT2D eigenvalue weighted by Gasteiger charge is -2.18. The zero-order chi connectivity index (χ0) is 16.8. The Hall–Kier alpha value is -1.45. The van der Waals surface area contributed by atoms with Gasteiger partial charge < -0.3 is 5.32 Å². The second-order valence-electron chi connectivity index (χ2n) is 5.42. The molecule has 1 atom stereocenters. The fourth-order valence-electron chi connectivity index (χ4n) is 2.41. The van der Waals surface area contributed by atoms with Crippen LogP contribution in [0.4, 0.5) is 5.69 Å². The molecule has 0 spiro atoms. The summed E-state index contributed by atoms with van der Waals surface area (Å²) < 4.78 is 0. The topological polar surface area (TPSA) is 29.1 Å². The van der Waals surface area contributed by atoms with Gasteiger partial charge in [0, 0.05) is 15.6 Å². The summed E-state index contributed by atoms with van der Waals surface area (Å²) in [5.41, 5.74) is 3.23. The first-order valence-electron chi connectivity index (χ1n) is 7.86. The minimum atomic E-state index is -0.125. The van der Waals surface area contributed by atoms with E-state index in [9.17, 15) is 4.79 Å². The number of hydrogen-bond donors (Lipinski definition) is 1. The highest BCUT2D eigenvalue weighted by atomic mass is 35.5. The Morgan fingerprint density at radius 1 is 1.17 bits per heavy atom. The smallest absolute Gasteiger partial charge is 0.237 e. The van der Waals surface area contributed by atoms with Crippen molar-refractivity contribution in [1.82, 2.24) is 0 Å². The van der Waals surface area contributed by atoms with Gasteiger partial charge in [-0.2, -0.15) is 0 Å². The molecule has 0 heterocycles. The van der Waals surface area contributed by atoms with Crippen molar-refractivity contribution < 1.29 is 4.79 Å². The number of halogens is 1. The van der Waals surface area contributed by atoms with Gasteiger partial charge in [0.2, 0.25) is 5.91 Å². The Morgan fingerprint density at radius 2 is 1.87 bits per heavy atom. The first-order chi connectivity index (χ1) is 11.0. The number of thioether (sulfide) groups is 1. The summed E-state index contributed by atoms with van der Waals surface area (Å²) in [6, 6.07) is 13.7. The summed E-state index contributed by atoms with van der Waals surface area (Å²) in [5.74, 6) is 0.0523. The summed E-state index contributed by atoms with van der Waals surface area (Å²) >= 11 is 7.49. The van der Waals surface area contributed by atoms with Gasteiger partial charge in [-0.25, -0.2) is 0 Å². The Morgan fingerprint density at radius 3 is 2.48 bits per heavy atom. The van der Waals surface area contributed by atoms with Gasteiger partial charge in [0.1, 0.15) is 0 Å². The molecule has 0 unspecified atom stereocenters. The van der Waals surface area contributed by atoms with E-state index in [0.29, 0.717) is 5.02 Å². The van der Waals surface area contributed by atoms with Crippen molar-refractivity contribution in [2.45, 2.75) is 43.8 Å². The molecule has 0 bridgehead atoms. The lowest BCUT2D eigenvalue weighted by atomic mass is 10.1. The first-order valence-corrected chi connectivity index (χ1v) is 9.12. The van der Waals surface area contributed by atoms with E-state index in [0.717, 1.165) is 29.0 Å². The maximum absolute atomic E-state index is 12.7. The monoisotopic (exact) mass is 347 g/mol. The van der Waals surface area contributed by atoms with Crippen LogP contribution in [0.15, 0.2) is 47.4 Å².